The molecule has 138 valence electrons. The minimum absolute atomic E-state index is 0.0279. The summed E-state index contributed by atoms with van der Waals surface area (Å²) in [4.78, 5) is 26.0. The van der Waals surface area contributed by atoms with Gasteiger partial charge in [-0.1, -0.05) is 0 Å². The highest BCUT2D eigenvalue weighted by Gasteiger charge is 2.23. The highest BCUT2D eigenvalue weighted by atomic mass is 19.1. The van der Waals surface area contributed by atoms with Crippen molar-refractivity contribution >= 4 is 17.3 Å². The second kappa shape index (κ2) is 7.63. The number of anilines is 2. The van der Waals surface area contributed by atoms with Gasteiger partial charge in [-0.2, -0.15) is 5.10 Å². The minimum atomic E-state index is -0.796. The van der Waals surface area contributed by atoms with Gasteiger partial charge >= 0.3 is 0 Å². The van der Waals surface area contributed by atoms with Crippen molar-refractivity contribution in [1.29, 1.82) is 0 Å². The molecule has 1 atom stereocenters. The topological polar surface area (TPSA) is 67.2 Å². The molecule has 1 aliphatic heterocycles. The molecule has 0 aliphatic carbocycles. The van der Waals surface area contributed by atoms with E-state index in [4.69, 9.17) is 0 Å². The average molecular weight is 362 g/mol. The summed E-state index contributed by atoms with van der Waals surface area (Å²) in [6.45, 7) is 1.41. The summed E-state index contributed by atoms with van der Waals surface area (Å²) in [7, 11) is 1.59. The first-order valence-corrected chi connectivity index (χ1v) is 8.45. The molecule has 0 spiro atoms. The molecule has 0 bridgehead atoms. The highest BCUT2D eigenvalue weighted by molar-refractivity contribution is 5.91. The second-order valence-corrected chi connectivity index (χ2v) is 6.51. The van der Waals surface area contributed by atoms with Crippen LogP contribution in [0.5, 0.6) is 0 Å². The van der Waals surface area contributed by atoms with Gasteiger partial charge in [0.05, 0.1) is 17.6 Å². The smallest absolute Gasteiger partial charge is 0.268 e. The van der Waals surface area contributed by atoms with E-state index in [-0.39, 0.29) is 29.5 Å². The van der Waals surface area contributed by atoms with E-state index in [1.165, 1.54) is 16.8 Å². The predicted octanol–water partition coefficient (Wildman–Crippen LogP) is 2.30. The van der Waals surface area contributed by atoms with Crippen LogP contribution < -0.4 is 15.8 Å². The van der Waals surface area contributed by atoms with E-state index in [2.05, 4.69) is 10.4 Å². The van der Waals surface area contributed by atoms with E-state index in [1.807, 2.05) is 4.90 Å². The number of nitrogens with zero attached hydrogens (tertiary/aromatic N) is 3. The molecule has 3 rings (SSSR count). The normalized spacial score (nSPS) is 17.2. The van der Waals surface area contributed by atoms with Crippen molar-refractivity contribution in [1.82, 2.24) is 9.78 Å². The summed E-state index contributed by atoms with van der Waals surface area (Å²) < 4.78 is 27.8. The Morgan fingerprint density at radius 1 is 1.35 bits per heavy atom. The predicted molar refractivity (Wildman–Crippen MR) is 94.0 cm³/mol. The molecule has 1 amide bonds. The van der Waals surface area contributed by atoms with Crippen molar-refractivity contribution in [2.45, 2.75) is 19.3 Å². The Bertz CT molecular complexity index is 869. The highest BCUT2D eigenvalue weighted by Crippen LogP contribution is 2.24. The number of aryl methyl sites for hydroxylation is 1. The van der Waals surface area contributed by atoms with Crippen molar-refractivity contribution in [2.24, 2.45) is 13.0 Å². The maximum absolute atomic E-state index is 13.6. The molecule has 1 fully saturated rings. The molecule has 6 nitrogen and oxygen atoms in total. The lowest BCUT2D eigenvalue weighted by molar-refractivity contribution is -0.117. The summed E-state index contributed by atoms with van der Waals surface area (Å²) in [6, 6.07) is 4.58. The number of amides is 1. The van der Waals surface area contributed by atoms with E-state index < -0.39 is 11.6 Å². The van der Waals surface area contributed by atoms with Gasteiger partial charge in [-0.25, -0.2) is 13.5 Å². The van der Waals surface area contributed by atoms with Crippen LogP contribution in [-0.4, -0.2) is 28.8 Å². The van der Waals surface area contributed by atoms with Crippen LogP contribution in [0.15, 0.2) is 35.3 Å². The molecule has 2 aromatic rings. The summed E-state index contributed by atoms with van der Waals surface area (Å²) in [5, 5.41) is 6.51. The third-order valence-corrected chi connectivity index (χ3v) is 4.52. The molecule has 1 N–H and O–H groups in total. The van der Waals surface area contributed by atoms with Crippen LogP contribution in [0.2, 0.25) is 0 Å². The molecule has 1 aromatic heterocycles. The minimum Gasteiger partial charge on any atom is -0.370 e. The summed E-state index contributed by atoms with van der Waals surface area (Å²) in [5.74, 6) is -1.72. The van der Waals surface area contributed by atoms with Crippen molar-refractivity contribution < 1.29 is 13.6 Å². The van der Waals surface area contributed by atoms with E-state index in [9.17, 15) is 18.4 Å². The van der Waals surface area contributed by atoms with Crippen LogP contribution in [-0.2, 0) is 11.8 Å². The Hall–Kier alpha value is -2.77. The summed E-state index contributed by atoms with van der Waals surface area (Å²) in [5.41, 5.74) is 0.525. The molecular weight excluding hydrogens is 342 g/mol. The lowest BCUT2D eigenvalue weighted by Gasteiger charge is -2.33. The van der Waals surface area contributed by atoms with Gasteiger partial charge in [0, 0.05) is 38.7 Å². The molecule has 1 aliphatic rings. The SMILES string of the molecule is Cn1ncc(N2CCCC(CC(=O)Nc3ccc(F)cc3F)C2)cc1=O. The fourth-order valence-electron chi connectivity index (χ4n) is 3.15. The first-order chi connectivity index (χ1) is 12.4. The third-order valence-electron chi connectivity index (χ3n) is 4.52. The number of hydrogen-bond donors (Lipinski definition) is 1. The Kier molecular flexibility index (Phi) is 5.29. The van der Waals surface area contributed by atoms with E-state index in [1.54, 1.807) is 13.2 Å². The van der Waals surface area contributed by atoms with Crippen LogP contribution in [0.3, 0.4) is 0 Å². The summed E-state index contributed by atoms with van der Waals surface area (Å²) in [6.07, 6.45) is 3.62. The van der Waals surface area contributed by atoms with Gasteiger partial charge in [-0.3, -0.25) is 9.59 Å². The number of aromatic nitrogens is 2. The molecule has 1 unspecified atom stereocenters. The maximum atomic E-state index is 13.6. The lowest BCUT2D eigenvalue weighted by Crippen LogP contribution is -2.38. The number of carbonyl (C=O) groups is 1. The summed E-state index contributed by atoms with van der Waals surface area (Å²) >= 11 is 0. The quantitative estimate of drug-likeness (QED) is 0.906. The van der Waals surface area contributed by atoms with E-state index in [0.717, 1.165) is 37.2 Å². The van der Waals surface area contributed by atoms with Crippen molar-refractivity contribution in [3.05, 3.63) is 52.5 Å². The van der Waals surface area contributed by atoms with Crippen molar-refractivity contribution in [3.8, 4) is 0 Å². The van der Waals surface area contributed by atoms with Crippen LogP contribution in [0.25, 0.3) is 0 Å². The zero-order valence-corrected chi connectivity index (χ0v) is 14.4. The van der Waals surface area contributed by atoms with Gasteiger partial charge in [0.2, 0.25) is 5.91 Å². The monoisotopic (exact) mass is 362 g/mol. The fraction of sp³-hybridized carbons (Fsp3) is 0.389. The van der Waals surface area contributed by atoms with Gasteiger partial charge in [-0.15, -0.1) is 0 Å². The molecule has 8 heteroatoms. The van der Waals surface area contributed by atoms with Crippen LogP contribution in [0.4, 0.5) is 20.2 Å². The number of halogens is 2. The molecule has 0 saturated carbocycles. The molecule has 1 aromatic carbocycles. The Morgan fingerprint density at radius 2 is 2.15 bits per heavy atom. The van der Waals surface area contributed by atoms with Crippen LogP contribution in [0, 0.1) is 17.6 Å². The van der Waals surface area contributed by atoms with Crippen molar-refractivity contribution in [2.75, 3.05) is 23.3 Å². The molecule has 1 saturated heterocycles. The number of nitrogens with one attached hydrogen (secondary N) is 1. The Labute approximate surface area is 149 Å². The molecule has 0 radical (unpaired) electrons. The van der Waals surface area contributed by atoms with E-state index >= 15 is 0 Å². The second-order valence-electron chi connectivity index (χ2n) is 6.51. The number of benzene rings is 1. The number of piperidine rings is 1. The van der Waals surface area contributed by atoms with Gasteiger partial charge in [0.1, 0.15) is 11.6 Å². The van der Waals surface area contributed by atoms with Crippen LogP contribution >= 0.6 is 0 Å². The molecule has 2 heterocycles. The third kappa shape index (κ3) is 4.25. The number of carbonyl (C=O) groups excluding carboxylic acids is 1. The zero-order chi connectivity index (χ0) is 18.7. The Balaban J connectivity index is 1.61. The van der Waals surface area contributed by atoms with Gasteiger partial charge in [0.25, 0.3) is 5.56 Å². The lowest BCUT2D eigenvalue weighted by atomic mass is 9.94. The average Bonchev–Trinajstić information content (AvgIpc) is 2.60. The van der Waals surface area contributed by atoms with Gasteiger partial charge in [0.15, 0.2) is 0 Å². The first-order valence-electron chi connectivity index (χ1n) is 8.45. The van der Waals surface area contributed by atoms with Crippen LogP contribution in [0.1, 0.15) is 19.3 Å². The maximum Gasteiger partial charge on any atom is 0.268 e. The molecular formula is C18H20F2N4O2. The number of rotatable bonds is 4. The largest absolute Gasteiger partial charge is 0.370 e. The van der Waals surface area contributed by atoms with E-state index in [0.29, 0.717) is 6.54 Å². The van der Waals surface area contributed by atoms with Gasteiger partial charge < -0.3 is 10.2 Å². The zero-order valence-electron chi connectivity index (χ0n) is 14.4. The first kappa shape index (κ1) is 18.0. The van der Waals surface area contributed by atoms with Gasteiger partial charge in [-0.05, 0) is 30.9 Å². The number of hydrogen-bond acceptors (Lipinski definition) is 4. The van der Waals surface area contributed by atoms with Crippen molar-refractivity contribution in [3.63, 3.8) is 0 Å². The fourth-order valence-corrected chi connectivity index (χ4v) is 3.15. The molecule has 26 heavy (non-hydrogen) atoms. The Morgan fingerprint density at radius 3 is 2.88 bits per heavy atom. The standard InChI is InChI=1S/C18H20F2N4O2/c1-23-18(26)9-14(10-21-23)24-6-2-3-12(11-24)7-17(25)22-16-5-4-13(19)8-15(16)20/h4-5,8-10,12H,2-3,6-7,11H2,1H3,(H,22,25).